The smallest absolute Gasteiger partial charge is 0.313 e. The van der Waals surface area contributed by atoms with E-state index in [0.29, 0.717) is 31.3 Å². The van der Waals surface area contributed by atoms with Crippen LogP contribution < -0.4 is 10.1 Å². The van der Waals surface area contributed by atoms with Crippen LogP contribution in [-0.4, -0.2) is 36.4 Å². The van der Waals surface area contributed by atoms with E-state index in [0.717, 1.165) is 18.6 Å². The number of hydrogen-bond donors (Lipinski definition) is 1. The fraction of sp³-hybridized carbons (Fsp3) is 0.500. The van der Waals surface area contributed by atoms with Crippen LogP contribution in [0.25, 0.3) is 0 Å². The number of nitrogens with zero attached hydrogens (tertiary/aromatic N) is 1. The second kappa shape index (κ2) is 7.11. The standard InChI is InChI=1S/C16H22N2O3/c1-3-21-14-8-6-13(7-9-14)17-15(19)16(20)18-10-4-5-12(2)11-18/h6-9,12H,3-5,10-11H2,1-2H3,(H,17,19). The molecule has 5 heteroatoms. The van der Waals surface area contributed by atoms with Crippen LogP contribution in [0, 0.1) is 5.92 Å². The highest BCUT2D eigenvalue weighted by atomic mass is 16.5. The molecule has 0 radical (unpaired) electrons. The second-order valence-corrected chi connectivity index (χ2v) is 5.41. The lowest BCUT2D eigenvalue weighted by atomic mass is 10.0. The number of rotatable bonds is 3. The number of carbonyl (C=O) groups excluding carboxylic acids is 2. The van der Waals surface area contributed by atoms with Crippen molar-refractivity contribution in [1.29, 1.82) is 0 Å². The van der Waals surface area contributed by atoms with E-state index in [1.807, 2.05) is 6.92 Å². The number of benzene rings is 1. The Hall–Kier alpha value is -2.04. The fourth-order valence-corrected chi connectivity index (χ4v) is 2.50. The summed E-state index contributed by atoms with van der Waals surface area (Å²) in [7, 11) is 0. The monoisotopic (exact) mass is 290 g/mol. The SMILES string of the molecule is CCOc1ccc(NC(=O)C(=O)N2CCCC(C)C2)cc1. The molecule has 1 saturated heterocycles. The number of nitrogens with one attached hydrogen (secondary N) is 1. The molecule has 2 amide bonds. The van der Waals surface area contributed by atoms with Crippen molar-refractivity contribution in [3.63, 3.8) is 0 Å². The van der Waals surface area contributed by atoms with Crippen molar-refractivity contribution in [2.75, 3.05) is 25.0 Å². The minimum Gasteiger partial charge on any atom is -0.494 e. The van der Waals surface area contributed by atoms with Crippen molar-refractivity contribution < 1.29 is 14.3 Å². The summed E-state index contributed by atoms with van der Waals surface area (Å²) in [5.41, 5.74) is 0.599. The highest BCUT2D eigenvalue weighted by Crippen LogP contribution is 2.17. The van der Waals surface area contributed by atoms with Crippen molar-refractivity contribution in [2.24, 2.45) is 5.92 Å². The van der Waals surface area contributed by atoms with E-state index in [4.69, 9.17) is 4.74 Å². The molecule has 0 bridgehead atoms. The molecule has 1 aliphatic heterocycles. The van der Waals surface area contributed by atoms with E-state index in [1.54, 1.807) is 29.2 Å². The summed E-state index contributed by atoms with van der Waals surface area (Å²) in [6.07, 6.45) is 2.08. The maximum Gasteiger partial charge on any atom is 0.313 e. The molecule has 1 aromatic rings. The molecule has 21 heavy (non-hydrogen) atoms. The third-order valence-electron chi connectivity index (χ3n) is 3.56. The molecule has 0 saturated carbocycles. The van der Waals surface area contributed by atoms with Crippen molar-refractivity contribution >= 4 is 17.5 Å². The van der Waals surface area contributed by atoms with Crippen LogP contribution in [0.1, 0.15) is 26.7 Å². The molecule has 0 aromatic heterocycles. The van der Waals surface area contributed by atoms with E-state index in [9.17, 15) is 9.59 Å². The Kier molecular flexibility index (Phi) is 5.20. The number of amides is 2. The number of likely N-dealkylation sites (tertiary alicyclic amines) is 1. The molecule has 1 aliphatic rings. The van der Waals surface area contributed by atoms with Crippen LogP contribution in [0.3, 0.4) is 0 Å². The van der Waals surface area contributed by atoms with Crippen LogP contribution in [0.5, 0.6) is 5.75 Å². The predicted octanol–water partition coefficient (Wildman–Crippen LogP) is 2.28. The van der Waals surface area contributed by atoms with Crippen molar-refractivity contribution in [3.05, 3.63) is 24.3 Å². The van der Waals surface area contributed by atoms with Crippen LogP contribution in [0.2, 0.25) is 0 Å². The molecule has 0 spiro atoms. The van der Waals surface area contributed by atoms with Gasteiger partial charge in [-0.2, -0.15) is 0 Å². The second-order valence-electron chi connectivity index (χ2n) is 5.41. The first-order valence-corrected chi connectivity index (χ1v) is 7.43. The maximum absolute atomic E-state index is 12.1. The quantitative estimate of drug-likeness (QED) is 0.869. The molecule has 114 valence electrons. The normalized spacial score (nSPS) is 18.2. The number of piperidine rings is 1. The van der Waals surface area contributed by atoms with Gasteiger partial charge in [-0.3, -0.25) is 9.59 Å². The van der Waals surface area contributed by atoms with Gasteiger partial charge in [-0.25, -0.2) is 0 Å². The average molecular weight is 290 g/mol. The van der Waals surface area contributed by atoms with Gasteiger partial charge in [0.15, 0.2) is 0 Å². The molecule has 1 aromatic carbocycles. The summed E-state index contributed by atoms with van der Waals surface area (Å²) < 4.78 is 5.33. The molecule has 0 aliphatic carbocycles. The number of ether oxygens (including phenoxy) is 1. The maximum atomic E-state index is 12.1. The minimum absolute atomic E-state index is 0.449. The van der Waals surface area contributed by atoms with Gasteiger partial charge in [0.25, 0.3) is 0 Å². The molecule has 1 fully saturated rings. The van der Waals surface area contributed by atoms with E-state index in [1.165, 1.54) is 0 Å². The lowest BCUT2D eigenvalue weighted by Crippen LogP contribution is -2.44. The first-order valence-electron chi connectivity index (χ1n) is 7.43. The zero-order chi connectivity index (χ0) is 15.2. The Bertz CT molecular complexity index is 499. The summed E-state index contributed by atoms with van der Waals surface area (Å²) in [4.78, 5) is 25.7. The highest BCUT2D eigenvalue weighted by molar-refractivity contribution is 6.39. The largest absolute Gasteiger partial charge is 0.494 e. The lowest BCUT2D eigenvalue weighted by Gasteiger charge is -2.30. The summed E-state index contributed by atoms with van der Waals surface area (Å²) in [6.45, 7) is 5.94. The summed E-state index contributed by atoms with van der Waals surface area (Å²) in [5, 5.41) is 2.64. The van der Waals surface area contributed by atoms with Gasteiger partial charge < -0.3 is 15.0 Å². The van der Waals surface area contributed by atoms with Crippen molar-refractivity contribution in [3.8, 4) is 5.75 Å². The zero-order valence-corrected chi connectivity index (χ0v) is 12.6. The molecule has 1 unspecified atom stereocenters. The van der Waals surface area contributed by atoms with Gasteiger partial charge in [0.05, 0.1) is 6.61 Å². The summed E-state index contributed by atoms with van der Waals surface area (Å²) in [5.74, 6) is 0.177. The summed E-state index contributed by atoms with van der Waals surface area (Å²) in [6, 6.07) is 7.00. The van der Waals surface area contributed by atoms with Crippen LogP contribution in [0.4, 0.5) is 5.69 Å². The van der Waals surface area contributed by atoms with Gasteiger partial charge >= 0.3 is 11.8 Å². The number of anilines is 1. The van der Waals surface area contributed by atoms with Gasteiger partial charge in [0.2, 0.25) is 0 Å². The Balaban J connectivity index is 1.92. The molecule has 1 atom stereocenters. The van der Waals surface area contributed by atoms with Gasteiger partial charge in [-0.15, -0.1) is 0 Å². The number of hydrogen-bond acceptors (Lipinski definition) is 3. The zero-order valence-electron chi connectivity index (χ0n) is 12.6. The van der Waals surface area contributed by atoms with Crippen LogP contribution >= 0.6 is 0 Å². The van der Waals surface area contributed by atoms with Crippen molar-refractivity contribution in [2.45, 2.75) is 26.7 Å². The van der Waals surface area contributed by atoms with Crippen LogP contribution in [0.15, 0.2) is 24.3 Å². The van der Waals surface area contributed by atoms with Gasteiger partial charge in [0, 0.05) is 18.8 Å². The third-order valence-corrected chi connectivity index (χ3v) is 3.56. The molecular formula is C16H22N2O3. The predicted molar refractivity (Wildman–Crippen MR) is 81.2 cm³/mol. The minimum atomic E-state index is -0.576. The van der Waals surface area contributed by atoms with Gasteiger partial charge in [0.1, 0.15) is 5.75 Å². The van der Waals surface area contributed by atoms with Gasteiger partial charge in [-0.1, -0.05) is 6.92 Å². The molecular weight excluding hydrogens is 268 g/mol. The lowest BCUT2D eigenvalue weighted by molar-refractivity contribution is -0.144. The van der Waals surface area contributed by atoms with Gasteiger partial charge in [-0.05, 0) is 49.9 Å². The fourth-order valence-electron chi connectivity index (χ4n) is 2.50. The molecule has 2 rings (SSSR count). The summed E-state index contributed by atoms with van der Waals surface area (Å²) >= 11 is 0. The molecule has 1 heterocycles. The van der Waals surface area contributed by atoms with E-state index >= 15 is 0 Å². The highest BCUT2D eigenvalue weighted by Gasteiger charge is 2.25. The molecule has 5 nitrogen and oxygen atoms in total. The Morgan fingerprint density at radius 3 is 2.67 bits per heavy atom. The topological polar surface area (TPSA) is 58.6 Å². The molecule has 1 N–H and O–H groups in total. The van der Waals surface area contributed by atoms with Crippen LogP contribution in [-0.2, 0) is 9.59 Å². The van der Waals surface area contributed by atoms with E-state index in [-0.39, 0.29) is 0 Å². The first-order chi connectivity index (χ1) is 10.1. The van der Waals surface area contributed by atoms with E-state index in [2.05, 4.69) is 12.2 Å². The van der Waals surface area contributed by atoms with E-state index < -0.39 is 11.8 Å². The first kappa shape index (κ1) is 15.4. The average Bonchev–Trinajstić information content (AvgIpc) is 2.48. The van der Waals surface area contributed by atoms with Crippen molar-refractivity contribution in [1.82, 2.24) is 4.90 Å². The Morgan fingerprint density at radius 2 is 2.05 bits per heavy atom. The Morgan fingerprint density at radius 1 is 1.33 bits per heavy atom. The Labute approximate surface area is 125 Å². The third kappa shape index (κ3) is 4.21. The number of carbonyl (C=O) groups is 2.